The van der Waals surface area contributed by atoms with Gasteiger partial charge in [0.05, 0.1) is 11.4 Å². The van der Waals surface area contributed by atoms with E-state index in [4.69, 9.17) is 0 Å². The summed E-state index contributed by atoms with van der Waals surface area (Å²) in [7, 11) is -3.64. The van der Waals surface area contributed by atoms with Crippen LogP contribution in [0.15, 0.2) is 53.4 Å². The molecule has 0 saturated heterocycles. The summed E-state index contributed by atoms with van der Waals surface area (Å²) in [5, 5.41) is 3.52. The Hall–Kier alpha value is -1.73. The molecule has 0 aromatic heterocycles. The van der Waals surface area contributed by atoms with Crippen molar-refractivity contribution in [1.29, 1.82) is 0 Å². The zero-order valence-electron chi connectivity index (χ0n) is 15.1. The molecule has 2 atom stereocenters. The molecule has 4 rings (SSSR count). The summed E-state index contributed by atoms with van der Waals surface area (Å²) in [4.78, 5) is 12.5. The predicted molar refractivity (Wildman–Crippen MR) is 107 cm³/mol. The molecule has 7 heteroatoms. The molecule has 2 aliphatic heterocycles. The molecule has 0 saturated carbocycles. The van der Waals surface area contributed by atoms with Gasteiger partial charge >= 0.3 is 0 Å². The van der Waals surface area contributed by atoms with Crippen LogP contribution in [0.3, 0.4) is 0 Å². The molecule has 2 aromatic rings. The fraction of sp³-hybridized carbons (Fsp3) is 0.350. The molecule has 0 aliphatic carbocycles. The van der Waals surface area contributed by atoms with Crippen LogP contribution >= 0.6 is 12.4 Å². The Kier molecular flexibility index (Phi) is 5.72. The highest BCUT2D eigenvalue weighted by molar-refractivity contribution is 7.89. The normalized spacial score (nSPS) is 22.3. The van der Waals surface area contributed by atoms with Gasteiger partial charge in [-0.3, -0.25) is 4.79 Å². The first-order valence-electron chi connectivity index (χ1n) is 8.92. The van der Waals surface area contributed by atoms with Crippen molar-refractivity contribution in [1.82, 2.24) is 9.62 Å². The number of sulfonamides is 1. The van der Waals surface area contributed by atoms with Gasteiger partial charge < -0.3 is 5.32 Å². The molecule has 0 fully saturated rings. The topological polar surface area (TPSA) is 66.5 Å². The molecule has 0 bridgehead atoms. The Bertz CT molecular complexity index is 961. The van der Waals surface area contributed by atoms with E-state index in [1.54, 1.807) is 18.2 Å². The molecule has 0 spiro atoms. The summed E-state index contributed by atoms with van der Waals surface area (Å²) in [6.45, 7) is 3.15. The molecule has 5 nitrogen and oxygen atoms in total. The van der Waals surface area contributed by atoms with E-state index in [2.05, 4.69) is 17.4 Å². The summed E-state index contributed by atoms with van der Waals surface area (Å²) >= 11 is 0. The number of ketones is 1. The maximum absolute atomic E-state index is 13.0. The molecular weight excluding hydrogens is 384 g/mol. The molecule has 2 heterocycles. The molecule has 144 valence electrons. The van der Waals surface area contributed by atoms with Crippen molar-refractivity contribution in [2.45, 2.75) is 24.3 Å². The Balaban J connectivity index is 0.00000210. The standard InChI is InChI=1S/C20H22N2O3S.ClH/c1-14(20-16-7-3-2-6-15(16)10-11-21-20)12-22-13-18(23)17-8-4-5-9-19(17)26(22,24)25;/h2-9,14,20-21H,10-13H2,1H3;1H. The minimum absolute atomic E-state index is 0. The van der Waals surface area contributed by atoms with Gasteiger partial charge in [-0.05, 0) is 42.1 Å². The fourth-order valence-electron chi connectivity index (χ4n) is 4.03. The summed E-state index contributed by atoms with van der Waals surface area (Å²) in [5.41, 5.74) is 2.84. The molecule has 0 radical (unpaired) electrons. The van der Waals surface area contributed by atoms with Gasteiger partial charge in [-0.15, -0.1) is 12.4 Å². The van der Waals surface area contributed by atoms with E-state index >= 15 is 0 Å². The van der Waals surface area contributed by atoms with Crippen LogP contribution in [-0.4, -0.2) is 38.1 Å². The second-order valence-electron chi connectivity index (χ2n) is 7.07. The largest absolute Gasteiger partial charge is 0.309 e. The average molecular weight is 407 g/mol. The van der Waals surface area contributed by atoms with Crippen molar-refractivity contribution in [3.05, 3.63) is 65.2 Å². The number of nitrogens with zero attached hydrogens (tertiary/aromatic N) is 1. The van der Waals surface area contributed by atoms with Gasteiger partial charge in [0.2, 0.25) is 10.0 Å². The Morgan fingerprint density at radius 2 is 1.85 bits per heavy atom. The lowest BCUT2D eigenvalue weighted by Crippen LogP contribution is -2.45. The molecule has 0 amide bonds. The van der Waals surface area contributed by atoms with Crippen LogP contribution in [0.5, 0.6) is 0 Å². The predicted octanol–water partition coefficient (Wildman–Crippen LogP) is 2.82. The second-order valence-corrected chi connectivity index (χ2v) is 8.98. The Labute approximate surface area is 166 Å². The van der Waals surface area contributed by atoms with Crippen LogP contribution in [0.4, 0.5) is 0 Å². The summed E-state index contributed by atoms with van der Waals surface area (Å²) in [5.74, 6) is -0.0936. The fourth-order valence-corrected chi connectivity index (χ4v) is 5.73. The SMILES string of the molecule is CC(CN1CC(=O)c2ccccc2S1(=O)=O)C1NCCc2ccccc21.Cl. The molecular formula is C20H23ClN2O3S. The van der Waals surface area contributed by atoms with Crippen LogP contribution in [0.25, 0.3) is 0 Å². The van der Waals surface area contributed by atoms with Crippen LogP contribution in [0, 0.1) is 5.92 Å². The number of hydrogen-bond acceptors (Lipinski definition) is 4. The molecule has 27 heavy (non-hydrogen) atoms. The summed E-state index contributed by atoms with van der Waals surface area (Å²) in [6.07, 6.45) is 0.979. The van der Waals surface area contributed by atoms with E-state index in [1.165, 1.54) is 21.5 Å². The van der Waals surface area contributed by atoms with Gasteiger partial charge in [-0.2, -0.15) is 4.31 Å². The third-order valence-corrected chi connectivity index (χ3v) is 7.20. The van der Waals surface area contributed by atoms with Crippen molar-refractivity contribution >= 4 is 28.2 Å². The van der Waals surface area contributed by atoms with Crippen LogP contribution in [0.1, 0.15) is 34.5 Å². The summed E-state index contributed by atoms with van der Waals surface area (Å²) in [6, 6.07) is 14.9. The molecule has 2 unspecified atom stereocenters. The number of hydrogen-bond donors (Lipinski definition) is 1. The number of Topliss-reactive ketones (excluding diaryl/α,β-unsaturated/α-hetero) is 1. The highest BCUT2D eigenvalue weighted by Gasteiger charge is 2.37. The maximum atomic E-state index is 13.0. The van der Waals surface area contributed by atoms with E-state index in [0.29, 0.717) is 12.1 Å². The van der Waals surface area contributed by atoms with Gasteiger partial charge in [0.15, 0.2) is 5.78 Å². The third-order valence-electron chi connectivity index (χ3n) is 5.33. The first-order chi connectivity index (χ1) is 12.5. The minimum atomic E-state index is -3.64. The minimum Gasteiger partial charge on any atom is -0.309 e. The molecule has 2 aromatic carbocycles. The highest BCUT2D eigenvalue weighted by atomic mass is 35.5. The number of rotatable bonds is 3. The number of fused-ring (bicyclic) bond motifs is 2. The van der Waals surface area contributed by atoms with Gasteiger partial charge in [-0.1, -0.05) is 43.3 Å². The lowest BCUT2D eigenvalue weighted by atomic mass is 9.87. The number of halogens is 1. The smallest absolute Gasteiger partial charge is 0.244 e. The maximum Gasteiger partial charge on any atom is 0.244 e. The van der Waals surface area contributed by atoms with Gasteiger partial charge in [0.1, 0.15) is 0 Å². The van der Waals surface area contributed by atoms with Crippen molar-refractivity contribution in [2.75, 3.05) is 19.6 Å². The van der Waals surface area contributed by atoms with E-state index in [0.717, 1.165) is 13.0 Å². The lowest BCUT2D eigenvalue weighted by Gasteiger charge is -2.35. The van der Waals surface area contributed by atoms with Crippen molar-refractivity contribution in [2.24, 2.45) is 5.92 Å². The van der Waals surface area contributed by atoms with E-state index < -0.39 is 10.0 Å². The van der Waals surface area contributed by atoms with Crippen molar-refractivity contribution < 1.29 is 13.2 Å². The zero-order chi connectivity index (χ0) is 18.3. The van der Waals surface area contributed by atoms with Crippen molar-refractivity contribution in [3.8, 4) is 0 Å². The number of benzene rings is 2. The van der Waals surface area contributed by atoms with Gasteiger partial charge in [0.25, 0.3) is 0 Å². The van der Waals surface area contributed by atoms with Crippen LogP contribution < -0.4 is 5.32 Å². The van der Waals surface area contributed by atoms with Crippen LogP contribution in [-0.2, 0) is 16.4 Å². The van der Waals surface area contributed by atoms with E-state index in [-0.39, 0.29) is 41.6 Å². The van der Waals surface area contributed by atoms with Gasteiger partial charge in [-0.25, -0.2) is 8.42 Å². The highest BCUT2D eigenvalue weighted by Crippen LogP contribution is 2.32. The quantitative estimate of drug-likeness (QED) is 0.851. The van der Waals surface area contributed by atoms with E-state index in [9.17, 15) is 13.2 Å². The number of nitrogens with one attached hydrogen (secondary N) is 1. The van der Waals surface area contributed by atoms with Crippen molar-refractivity contribution in [3.63, 3.8) is 0 Å². The molecule has 2 aliphatic rings. The Morgan fingerprint density at radius 1 is 1.15 bits per heavy atom. The Morgan fingerprint density at radius 3 is 2.67 bits per heavy atom. The molecule has 1 N–H and O–H groups in total. The summed E-state index contributed by atoms with van der Waals surface area (Å²) < 4.78 is 27.3. The lowest BCUT2D eigenvalue weighted by molar-refractivity contribution is 0.0948. The first-order valence-corrected chi connectivity index (χ1v) is 10.4. The second kappa shape index (κ2) is 7.72. The monoisotopic (exact) mass is 406 g/mol. The number of carbonyl (C=O) groups is 1. The van der Waals surface area contributed by atoms with E-state index in [1.807, 2.05) is 19.1 Å². The average Bonchev–Trinajstić information content (AvgIpc) is 2.66. The number of carbonyl (C=O) groups excluding carboxylic acids is 1. The van der Waals surface area contributed by atoms with Crippen LogP contribution in [0.2, 0.25) is 0 Å². The third kappa shape index (κ3) is 3.55. The van der Waals surface area contributed by atoms with Gasteiger partial charge in [0, 0.05) is 18.2 Å². The zero-order valence-corrected chi connectivity index (χ0v) is 16.7. The first kappa shape index (κ1) is 20.0.